The minimum atomic E-state index is -0.267. The van der Waals surface area contributed by atoms with Gasteiger partial charge in [0.25, 0.3) is 0 Å². The molecule has 160 valence electrons. The third kappa shape index (κ3) is 5.13. The van der Waals surface area contributed by atoms with Crippen LogP contribution in [0.25, 0.3) is 10.3 Å². The van der Waals surface area contributed by atoms with Crippen LogP contribution in [-0.2, 0) is 6.54 Å². The SMILES string of the molecule is CN(CCO)Cc1ccnc(Nc2nc3ccc(N(C)c4ccc(F)cc4)nc3s2)c1. The van der Waals surface area contributed by atoms with Crippen LogP contribution in [-0.4, -0.2) is 52.2 Å². The molecule has 7 nitrogen and oxygen atoms in total. The summed E-state index contributed by atoms with van der Waals surface area (Å²) in [6.07, 6.45) is 1.76. The maximum atomic E-state index is 13.2. The van der Waals surface area contributed by atoms with Crippen molar-refractivity contribution in [3.8, 4) is 0 Å². The number of nitrogens with zero attached hydrogens (tertiary/aromatic N) is 5. The van der Waals surface area contributed by atoms with Gasteiger partial charge < -0.3 is 15.3 Å². The lowest BCUT2D eigenvalue weighted by Crippen LogP contribution is -2.21. The van der Waals surface area contributed by atoms with Crippen molar-refractivity contribution in [1.82, 2.24) is 19.9 Å². The predicted molar refractivity (Wildman–Crippen MR) is 123 cm³/mol. The molecule has 0 saturated carbocycles. The average molecular weight is 439 g/mol. The molecule has 0 aliphatic heterocycles. The minimum absolute atomic E-state index is 0.129. The highest BCUT2D eigenvalue weighted by Crippen LogP contribution is 2.30. The summed E-state index contributed by atoms with van der Waals surface area (Å²) < 4.78 is 13.2. The number of pyridine rings is 2. The van der Waals surface area contributed by atoms with Gasteiger partial charge in [0.05, 0.1) is 6.61 Å². The number of thiazole rings is 1. The van der Waals surface area contributed by atoms with E-state index in [1.807, 2.05) is 48.2 Å². The predicted octanol–water partition coefficient (Wildman–Crippen LogP) is 4.16. The van der Waals surface area contributed by atoms with Crippen LogP contribution in [0.15, 0.2) is 54.7 Å². The fourth-order valence-electron chi connectivity index (χ4n) is 3.16. The summed E-state index contributed by atoms with van der Waals surface area (Å²) in [5.41, 5.74) is 2.74. The zero-order chi connectivity index (χ0) is 21.8. The lowest BCUT2D eigenvalue weighted by atomic mass is 10.2. The first-order valence-corrected chi connectivity index (χ1v) is 10.6. The number of aromatic nitrogens is 3. The van der Waals surface area contributed by atoms with Crippen LogP contribution in [0, 0.1) is 5.82 Å². The quantitative estimate of drug-likeness (QED) is 0.428. The van der Waals surface area contributed by atoms with Crippen LogP contribution >= 0.6 is 11.3 Å². The maximum absolute atomic E-state index is 13.2. The molecule has 4 aromatic rings. The average Bonchev–Trinajstić information content (AvgIpc) is 3.15. The molecule has 31 heavy (non-hydrogen) atoms. The summed E-state index contributed by atoms with van der Waals surface area (Å²) in [5.74, 6) is 1.19. The van der Waals surface area contributed by atoms with Gasteiger partial charge in [-0.25, -0.2) is 19.3 Å². The van der Waals surface area contributed by atoms with Crippen molar-refractivity contribution in [3.05, 3.63) is 66.1 Å². The molecule has 0 unspecified atom stereocenters. The fraction of sp³-hybridized carbons (Fsp3) is 0.227. The van der Waals surface area contributed by atoms with Crippen LogP contribution in [0.1, 0.15) is 5.56 Å². The second-order valence-electron chi connectivity index (χ2n) is 7.18. The summed E-state index contributed by atoms with van der Waals surface area (Å²) in [6, 6.07) is 14.0. The highest BCUT2D eigenvalue weighted by molar-refractivity contribution is 7.21. The molecule has 0 aliphatic rings. The largest absolute Gasteiger partial charge is 0.395 e. The molecule has 0 saturated heterocycles. The number of likely N-dealkylation sites (N-methyl/N-ethyl adjacent to an activating group) is 1. The molecule has 4 rings (SSSR count). The number of rotatable bonds is 8. The van der Waals surface area contributed by atoms with Crippen LogP contribution in [0.3, 0.4) is 0 Å². The molecule has 2 N–H and O–H groups in total. The molecule has 3 heterocycles. The lowest BCUT2D eigenvalue weighted by Gasteiger charge is -2.17. The Hall–Kier alpha value is -3.14. The van der Waals surface area contributed by atoms with Crippen molar-refractivity contribution >= 4 is 44.1 Å². The van der Waals surface area contributed by atoms with E-state index in [-0.39, 0.29) is 12.4 Å². The topological polar surface area (TPSA) is 77.4 Å². The molecule has 9 heteroatoms. The summed E-state index contributed by atoms with van der Waals surface area (Å²) in [4.78, 5) is 18.4. The van der Waals surface area contributed by atoms with E-state index in [1.54, 1.807) is 18.3 Å². The second-order valence-corrected chi connectivity index (χ2v) is 8.16. The summed E-state index contributed by atoms with van der Waals surface area (Å²) in [5, 5.41) is 13.0. The number of hydrogen-bond acceptors (Lipinski definition) is 8. The van der Waals surface area contributed by atoms with E-state index in [2.05, 4.69) is 15.3 Å². The van der Waals surface area contributed by atoms with Gasteiger partial charge in [0.15, 0.2) is 5.13 Å². The van der Waals surface area contributed by atoms with E-state index in [0.29, 0.717) is 17.5 Å². The standard InChI is InChI=1S/C22H23FN6OS/c1-28(11-12-30)14-15-9-10-24-19(13-15)26-22-25-18-7-8-20(27-21(18)31-22)29(2)17-5-3-16(23)4-6-17/h3-10,13,30H,11-12,14H2,1-2H3,(H,24,25,26). The summed E-state index contributed by atoms with van der Waals surface area (Å²) in [6.45, 7) is 1.46. The first kappa shape index (κ1) is 21.1. The molecule has 0 fully saturated rings. The van der Waals surface area contributed by atoms with Gasteiger partial charge in [-0.3, -0.25) is 4.90 Å². The van der Waals surface area contributed by atoms with Gasteiger partial charge >= 0.3 is 0 Å². The highest BCUT2D eigenvalue weighted by Gasteiger charge is 2.11. The fourth-order valence-corrected chi connectivity index (χ4v) is 4.00. The van der Waals surface area contributed by atoms with Gasteiger partial charge in [-0.15, -0.1) is 0 Å². The number of hydrogen-bond donors (Lipinski definition) is 2. The van der Waals surface area contributed by atoms with Crippen molar-refractivity contribution in [2.75, 3.05) is 37.5 Å². The molecule has 0 aliphatic carbocycles. The number of aliphatic hydroxyl groups is 1. The number of anilines is 4. The van der Waals surface area contributed by atoms with Gasteiger partial charge in [0, 0.05) is 32.0 Å². The third-order valence-electron chi connectivity index (χ3n) is 4.79. The Labute approximate surface area is 183 Å². The first-order valence-electron chi connectivity index (χ1n) is 9.80. The van der Waals surface area contributed by atoms with E-state index < -0.39 is 0 Å². The van der Waals surface area contributed by atoms with Crippen LogP contribution < -0.4 is 10.2 Å². The zero-order valence-corrected chi connectivity index (χ0v) is 18.1. The molecule has 0 radical (unpaired) electrons. The van der Waals surface area contributed by atoms with Crippen molar-refractivity contribution in [2.45, 2.75) is 6.54 Å². The Balaban J connectivity index is 1.51. The first-order chi connectivity index (χ1) is 15.0. The van der Waals surface area contributed by atoms with Crippen LogP contribution in [0.2, 0.25) is 0 Å². The highest BCUT2D eigenvalue weighted by atomic mass is 32.1. The minimum Gasteiger partial charge on any atom is -0.395 e. The summed E-state index contributed by atoms with van der Waals surface area (Å²) >= 11 is 1.45. The molecule has 3 aromatic heterocycles. The van der Waals surface area contributed by atoms with Crippen LogP contribution in [0.4, 0.5) is 26.8 Å². The van der Waals surface area contributed by atoms with Crippen molar-refractivity contribution < 1.29 is 9.50 Å². The normalized spacial score (nSPS) is 11.3. The molecule has 0 spiro atoms. The monoisotopic (exact) mass is 438 g/mol. The van der Waals surface area contributed by atoms with Gasteiger partial charge in [-0.05, 0) is 61.1 Å². The van der Waals surface area contributed by atoms with Crippen molar-refractivity contribution in [1.29, 1.82) is 0 Å². The van der Waals surface area contributed by atoms with E-state index in [1.165, 1.54) is 23.5 Å². The van der Waals surface area contributed by atoms with Gasteiger partial charge in [-0.1, -0.05) is 11.3 Å². The van der Waals surface area contributed by atoms with E-state index in [4.69, 9.17) is 10.1 Å². The lowest BCUT2D eigenvalue weighted by molar-refractivity contribution is 0.217. The van der Waals surface area contributed by atoms with Gasteiger partial charge in [0.2, 0.25) is 0 Å². The second kappa shape index (κ2) is 9.34. The molecule has 0 bridgehead atoms. The Morgan fingerprint density at radius 1 is 1.06 bits per heavy atom. The molecular weight excluding hydrogens is 415 g/mol. The van der Waals surface area contributed by atoms with Crippen LogP contribution in [0.5, 0.6) is 0 Å². The maximum Gasteiger partial charge on any atom is 0.190 e. The van der Waals surface area contributed by atoms with Gasteiger partial charge in [0.1, 0.15) is 27.8 Å². The van der Waals surface area contributed by atoms with Crippen molar-refractivity contribution in [2.24, 2.45) is 0 Å². The molecular formula is C22H23FN6OS. The Kier molecular flexibility index (Phi) is 6.36. The number of aliphatic hydroxyl groups excluding tert-OH is 1. The number of nitrogens with one attached hydrogen (secondary N) is 1. The smallest absolute Gasteiger partial charge is 0.190 e. The molecule has 0 amide bonds. The van der Waals surface area contributed by atoms with E-state index in [9.17, 15) is 4.39 Å². The van der Waals surface area contributed by atoms with Crippen molar-refractivity contribution in [3.63, 3.8) is 0 Å². The van der Waals surface area contributed by atoms with E-state index in [0.717, 1.165) is 34.0 Å². The van der Waals surface area contributed by atoms with Gasteiger partial charge in [-0.2, -0.15) is 0 Å². The Bertz CT molecular complexity index is 1170. The molecule has 1 aromatic carbocycles. The summed E-state index contributed by atoms with van der Waals surface area (Å²) in [7, 11) is 3.86. The van der Waals surface area contributed by atoms with E-state index >= 15 is 0 Å². The molecule has 0 atom stereocenters. The third-order valence-corrected chi connectivity index (χ3v) is 5.67. The Morgan fingerprint density at radius 3 is 2.65 bits per heavy atom. The number of benzene rings is 1. The Morgan fingerprint density at radius 2 is 1.87 bits per heavy atom. The number of halogens is 1. The number of fused-ring (bicyclic) bond motifs is 1. The zero-order valence-electron chi connectivity index (χ0n) is 17.3.